The van der Waals surface area contributed by atoms with Gasteiger partial charge in [-0.05, 0) is 31.4 Å². The maximum absolute atomic E-state index is 12.1. The summed E-state index contributed by atoms with van der Waals surface area (Å²) in [4.78, 5) is 13.9. The van der Waals surface area contributed by atoms with E-state index in [1.807, 2.05) is 12.1 Å². The number of para-hydroxylation sites is 2. The Bertz CT molecular complexity index is 446. The maximum Gasteiger partial charge on any atom is 0.226 e. The number of aliphatic hydroxyl groups excluding tert-OH is 1. The van der Waals surface area contributed by atoms with Crippen LogP contribution < -0.4 is 10.5 Å². The number of amides is 1. The van der Waals surface area contributed by atoms with E-state index in [9.17, 15) is 4.79 Å². The van der Waals surface area contributed by atoms with Crippen molar-refractivity contribution in [1.29, 1.82) is 0 Å². The summed E-state index contributed by atoms with van der Waals surface area (Å²) in [6, 6.07) is 7.55. The van der Waals surface area contributed by atoms with Gasteiger partial charge in [-0.15, -0.1) is 0 Å². The Balaban J connectivity index is 1.80. The van der Waals surface area contributed by atoms with Crippen molar-refractivity contribution >= 4 is 11.6 Å². The van der Waals surface area contributed by atoms with Crippen molar-refractivity contribution in [2.75, 3.05) is 25.5 Å². The molecule has 20 heavy (non-hydrogen) atoms. The van der Waals surface area contributed by atoms with Gasteiger partial charge in [0.2, 0.25) is 5.91 Å². The minimum absolute atomic E-state index is 0.00866. The predicted octanol–water partition coefficient (Wildman–Crippen LogP) is 1.41. The molecule has 0 heterocycles. The van der Waals surface area contributed by atoms with Gasteiger partial charge in [0.05, 0.1) is 25.3 Å². The first-order valence-corrected chi connectivity index (χ1v) is 7.10. The molecule has 110 valence electrons. The number of nitrogens with two attached hydrogens (primary N) is 1. The zero-order valence-corrected chi connectivity index (χ0v) is 11.6. The molecule has 2 rings (SSSR count). The summed E-state index contributed by atoms with van der Waals surface area (Å²) < 4.78 is 5.53. The van der Waals surface area contributed by atoms with E-state index in [1.54, 1.807) is 17.0 Å². The fourth-order valence-electron chi connectivity index (χ4n) is 2.32. The zero-order chi connectivity index (χ0) is 14.4. The van der Waals surface area contributed by atoms with Crippen LogP contribution in [-0.4, -0.2) is 41.7 Å². The standard InChI is InChI=1S/C15H22N2O3/c16-13-6-1-2-7-14(13)20-11-8-15(19)17(9-10-18)12-4-3-5-12/h1-2,6-7,12,18H,3-5,8-11,16H2. The van der Waals surface area contributed by atoms with E-state index < -0.39 is 0 Å². The molecule has 0 spiro atoms. The minimum Gasteiger partial charge on any atom is -0.491 e. The third kappa shape index (κ3) is 3.63. The molecule has 0 radical (unpaired) electrons. The van der Waals surface area contributed by atoms with E-state index in [2.05, 4.69) is 0 Å². The van der Waals surface area contributed by atoms with Crippen LogP contribution in [0.4, 0.5) is 5.69 Å². The van der Waals surface area contributed by atoms with E-state index in [0.29, 0.717) is 37.1 Å². The fourth-order valence-corrected chi connectivity index (χ4v) is 2.32. The number of nitrogen functional groups attached to an aromatic ring is 1. The van der Waals surface area contributed by atoms with Crippen LogP contribution in [0.15, 0.2) is 24.3 Å². The molecule has 0 saturated heterocycles. The van der Waals surface area contributed by atoms with Crippen LogP contribution in [-0.2, 0) is 4.79 Å². The second-order valence-electron chi connectivity index (χ2n) is 5.03. The van der Waals surface area contributed by atoms with E-state index in [-0.39, 0.29) is 12.5 Å². The van der Waals surface area contributed by atoms with Crippen LogP contribution >= 0.6 is 0 Å². The van der Waals surface area contributed by atoms with Gasteiger partial charge in [0.1, 0.15) is 5.75 Å². The molecule has 0 aliphatic heterocycles. The van der Waals surface area contributed by atoms with E-state index in [4.69, 9.17) is 15.6 Å². The second-order valence-corrected chi connectivity index (χ2v) is 5.03. The summed E-state index contributed by atoms with van der Waals surface area (Å²) in [7, 11) is 0. The average molecular weight is 278 g/mol. The molecule has 0 unspecified atom stereocenters. The predicted molar refractivity (Wildman–Crippen MR) is 77.4 cm³/mol. The molecule has 1 fully saturated rings. The van der Waals surface area contributed by atoms with Crippen LogP contribution in [0.2, 0.25) is 0 Å². The summed E-state index contributed by atoms with van der Waals surface area (Å²) in [5.74, 6) is 0.649. The molecular weight excluding hydrogens is 256 g/mol. The molecule has 1 aromatic rings. The highest BCUT2D eigenvalue weighted by Crippen LogP contribution is 2.25. The number of carbonyl (C=O) groups is 1. The van der Waals surface area contributed by atoms with Crippen molar-refractivity contribution in [1.82, 2.24) is 4.90 Å². The van der Waals surface area contributed by atoms with Crippen molar-refractivity contribution in [2.24, 2.45) is 0 Å². The second kappa shape index (κ2) is 7.14. The Labute approximate surface area is 119 Å². The molecule has 1 amide bonds. The molecule has 1 aliphatic carbocycles. The lowest BCUT2D eigenvalue weighted by Gasteiger charge is -2.37. The van der Waals surface area contributed by atoms with Crippen molar-refractivity contribution in [3.05, 3.63) is 24.3 Å². The summed E-state index contributed by atoms with van der Waals surface area (Å²) in [5.41, 5.74) is 6.35. The van der Waals surface area contributed by atoms with Crippen LogP contribution in [0, 0.1) is 0 Å². The smallest absolute Gasteiger partial charge is 0.226 e. The van der Waals surface area contributed by atoms with Gasteiger partial charge in [-0.1, -0.05) is 12.1 Å². The van der Waals surface area contributed by atoms with Crippen molar-refractivity contribution in [3.8, 4) is 5.75 Å². The highest BCUT2D eigenvalue weighted by Gasteiger charge is 2.27. The summed E-state index contributed by atoms with van der Waals surface area (Å²) in [6.45, 7) is 0.730. The first kappa shape index (κ1) is 14.7. The molecule has 5 nitrogen and oxygen atoms in total. The topological polar surface area (TPSA) is 75.8 Å². The van der Waals surface area contributed by atoms with Crippen molar-refractivity contribution < 1.29 is 14.6 Å². The van der Waals surface area contributed by atoms with Crippen LogP contribution in [0.1, 0.15) is 25.7 Å². The SMILES string of the molecule is Nc1ccccc1OCCC(=O)N(CCO)C1CCC1. The van der Waals surface area contributed by atoms with Crippen LogP contribution in [0.3, 0.4) is 0 Å². The summed E-state index contributed by atoms with van der Waals surface area (Å²) in [5, 5.41) is 9.05. The molecule has 1 aromatic carbocycles. The van der Waals surface area contributed by atoms with Gasteiger partial charge in [-0.3, -0.25) is 4.79 Å². The first-order chi connectivity index (χ1) is 9.72. The maximum atomic E-state index is 12.1. The van der Waals surface area contributed by atoms with Crippen LogP contribution in [0.25, 0.3) is 0 Å². The van der Waals surface area contributed by atoms with Gasteiger partial charge < -0.3 is 20.5 Å². The monoisotopic (exact) mass is 278 g/mol. The lowest BCUT2D eigenvalue weighted by molar-refractivity contribution is -0.136. The van der Waals surface area contributed by atoms with E-state index >= 15 is 0 Å². The van der Waals surface area contributed by atoms with Crippen molar-refractivity contribution in [3.63, 3.8) is 0 Å². The van der Waals surface area contributed by atoms with Gasteiger partial charge in [0.25, 0.3) is 0 Å². The number of carbonyl (C=O) groups excluding carboxylic acids is 1. The lowest BCUT2D eigenvalue weighted by atomic mass is 9.91. The van der Waals surface area contributed by atoms with Gasteiger partial charge >= 0.3 is 0 Å². The molecular formula is C15H22N2O3. The molecule has 3 N–H and O–H groups in total. The molecule has 1 aliphatic rings. The number of rotatable bonds is 7. The Morgan fingerprint density at radius 3 is 2.75 bits per heavy atom. The number of aliphatic hydroxyl groups is 1. The molecule has 0 bridgehead atoms. The van der Waals surface area contributed by atoms with Crippen molar-refractivity contribution in [2.45, 2.75) is 31.7 Å². The minimum atomic E-state index is 0.00866. The molecule has 0 atom stereocenters. The summed E-state index contributed by atoms with van der Waals surface area (Å²) in [6.07, 6.45) is 3.55. The third-order valence-corrected chi connectivity index (χ3v) is 3.67. The van der Waals surface area contributed by atoms with Gasteiger partial charge in [0.15, 0.2) is 0 Å². The number of benzene rings is 1. The quantitative estimate of drug-likeness (QED) is 0.739. The Morgan fingerprint density at radius 1 is 1.40 bits per heavy atom. The third-order valence-electron chi connectivity index (χ3n) is 3.67. The van der Waals surface area contributed by atoms with E-state index in [1.165, 1.54) is 0 Å². The average Bonchev–Trinajstić information content (AvgIpc) is 2.38. The number of hydrogen-bond donors (Lipinski definition) is 2. The van der Waals surface area contributed by atoms with Crippen LogP contribution in [0.5, 0.6) is 5.75 Å². The first-order valence-electron chi connectivity index (χ1n) is 7.10. The number of anilines is 1. The number of ether oxygens (including phenoxy) is 1. The fraction of sp³-hybridized carbons (Fsp3) is 0.533. The Hall–Kier alpha value is -1.75. The van der Waals surface area contributed by atoms with E-state index in [0.717, 1.165) is 19.3 Å². The highest BCUT2D eigenvalue weighted by molar-refractivity contribution is 5.76. The number of nitrogens with zero attached hydrogens (tertiary/aromatic N) is 1. The van der Waals surface area contributed by atoms with Gasteiger partial charge in [0, 0.05) is 12.6 Å². The zero-order valence-electron chi connectivity index (χ0n) is 11.6. The normalized spacial score (nSPS) is 14.7. The molecule has 0 aromatic heterocycles. The molecule has 1 saturated carbocycles. The Kier molecular flexibility index (Phi) is 5.24. The largest absolute Gasteiger partial charge is 0.491 e. The number of hydrogen-bond acceptors (Lipinski definition) is 4. The van der Waals surface area contributed by atoms with Gasteiger partial charge in [-0.2, -0.15) is 0 Å². The molecule has 5 heteroatoms. The highest BCUT2D eigenvalue weighted by atomic mass is 16.5. The van der Waals surface area contributed by atoms with Gasteiger partial charge in [-0.25, -0.2) is 0 Å². The summed E-state index contributed by atoms with van der Waals surface area (Å²) >= 11 is 0. The lowest BCUT2D eigenvalue weighted by Crippen LogP contribution is -2.46. The Morgan fingerprint density at radius 2 is 2.15 bits per heavy atom.